The molecule has 0 unspecified atom stereocenters. The summed E-state index contributed by atoms with van der Waals surface area (Å²) in [4.78, 5) is 4.39. The maximum absolute atomic E-state index is 4.39. The van der Waals surface area contributed by atoms with Gasteiger partial charge in [0.2, 0.25) is 5.16 Å². The van der Waals surface area contributed by atoms with Crippen LogP contribution in [0.5, 0.6) is 0 Å². The number of tetrazole rings is 1. The van der Waals surface area contributed by atoms with Crippen molar-refractivity contribution in [2.75, 3.05) is 6.54 Å². The van der Waals surface area contributed by atoms with Gasteiger partial charge >= 0.3 is 0 Å². The Kier molecular flexibility index (Phi) is 4.27. The Labute approximate surface area is 122 Å². The highest BCUT2D eigenvalue weighted by molar-refractivity contribution is 7.98. The van der Waals surface area contributed by atoms with E-state index in [4.69, 9.17) is 0 Å². The topological polar surface area (TPSA) is 68.5 Å². The number of thioether (sulfide) groups is 1. The minimum Gasteiger partial charge on any atom is -0.312 e. The molecule has 0 radical (unpaired) electrons. The second-order valence-corrected chi connectivity index (χ2v) is 5.91. The third-order valence-corrected chi connectivity index (χ3v) is 4.26. The average Bonchev–Trinajstić information content (AvgIpc) is 3.17. The molecule has 1 saturated carbocycles. The highest BCUT2D eigenvalue weighted by atomic mass is 32.2. The van der Waals surface area contributed by atoms with E-state index >= 15 is 0 Å². The summed E-state index contributed by atoms with van der Waals surface area (Å²) in [5.41, 5.74) is 2.29. The van der Waals surface area contributed by atoms with Gasteiger partial charge in [0.25, 0.3) is 0 Å². The molecule has 6 nitrogen and oxygen atoms in total. The molecule has 2 heterocycles. The van der Waals surface area contributed by atoms with E-state index < -0.39 is 0 Å². The standard InChI is InChI=1S/C13H18N6S/c1-10-3-2-6-15-12(10)9-20-13-16-17-18-19(13)8-7-14-11-4-5-11/h2-3,6,11,14H,4-5,7-9H2,1H3. The van der Waals surface area contributed by atoms with Crippen molar-refractivity contribution in [2.24, 2.45) is 0 Å². The van der Waals surface area contributed by atoms with Crippen molar-refractivity contribution in [2.45, 2.75) is 43.3 Å². The number of hydrogen-bond donors (Lipinski definition) is 1. The van der Waals surface area contributed by atoms with E-state index in [9.17, 15) is 0 Å². The summed E-state index contributed by atoms with van der Waals surface area (Å²) in [5.74, 6) is 0.795. The van der Waals surface area contributed by atoms with E-state index in [1.807, 2.05) is 16.9 Å². The SMILES string of the molecule is Cc1cccnc1CSc1nnnn1CCNC1CC1. The molecule has 0 saturated heterocycles. The largest absolute Gasteiger partial charge is 0.312 e. The summed E-state index contributed by atoms with van der Waals surface area (Å²) in [6.45, 7) is 3.81. The molecule has 7 heteroatoms. The Balaban J connectivity index is 1.54. The molecule has 20 heavy (non-hydrogen) atoms. The molecule has 0 aromatic carbocycles. The number of aromatic nitrogens is 5. The predicted octanol–water partition coefficient (Wildman–Crippen LogP) is 1.42. The normalized spacial score (nSPS) is 14.7. The van der Waals surface area contributed by atoms with E-state index in [-0.39, 0.29) is 0 Å². The van der Waals surface area contributed by atoms with Crippen LogP contribution in [-0.4, -0.2) is 37.8 Å². The third kappa shape index (κ3) is 3.55. The van der Waals surface area contributed by atoms with Gasteiger partial charge in [0.05, 0.1) is 12.2 Å². The second-order valence-electron chi connectivity index (χ2n) is 4.97. The fourth-order valence-electron chi connectivity index (χ4n) is 1.90. The predicted molar refractivity (Wildman–Crippen MR) is 77.4 cm³/mol. The Bertz CT molecular complexity index is 565. The summed E-state index contributed by atoms with van der Waals surface area (Å²) in [7, 11) is 0. The Morgan fingerprint density at radius 1 is 1.45 bits per heavy atom. The molecule has 1 N–H and O–H groups in total. The van der Waals surface area contributed by atoms with Crippen molar-refractivity contribution >= 4 is 11.8 Å². The first-order chi connectivity index (χ1) is 9.83. The first kappa shape index (κ1) is 13.5. The van der Waals surface area contributed by atoms with Gasteiger partial charge in [-0.3, -0.25) is 4.98 Å². The molecule has 0 atom stereocenters. The lowest BCUT2D eigenvalue weighted by atomic mass is 10.2. The van der Waals surface area contributed by atoms with Gasteiger partial charge < -0.3 is 5.32 Å². The molecule has 2 aromatic rings. The van der Waals surface area contributed by atoms with Crippen molar-refractivity contribution in [1.29, 1.82) is 0 Å². The molecule has 1 fully saturated rings. The molecule has 0 spiro atoms. The summed E-state index contributed by atoms with van der Waals surface area (Å²) < 4.78 is 1.86. The third-order valence-electron chi connectivity index (χ3n) is 3.29. The summed E-state index contributed by atoms with van der Waals surface area (Å²) in [6.07, 6.45) is 4.43. The van der Waals surface area contributed by atoms with Crippen LogP contribution in [0.4, 0.5) is 0 Å². The number of rotatable bonds is 7. The summed E-state index contributed by atoms with van der Waals surface area (Å²) in [5, 5.41) is 16.2. The van der Waals surface area contributed by atoms with Gasteiger partial charge in [-0.1, -0.05) is 17.8 Å². The van der Waals surface area contributed by atoms with Crippen molar-refractivity contribution in [3.05, 3.63) is 29.6 Å². The zero-order chi connectivity index (χ0) is 13.8. The smallest absolute Gasteiger partial charge is 0.209 e. The van der Waals surface area contributed by atoms with E-state index in [0.29, 0.717) is 0 Å². The molecular formula is C13H18N6S. The van der Waals surface area contributed by atoms with Crippen LogP contribution in [-0.2, 0) is 12.3 Å². The molecule has 0 bridgehead atoms. The van der Waals surface area contributed by atoms with Gasteiger partial charge in [-0.25, -0.2) is 4.68 Å². The van der Waals surface area contributed by atoms with Crippen LogP contribution < -0.4 is 5.32 Å². The fraction of sp³-hybridized carbons (Fsp3) is 0.538. The number of aryl methyl sites for hydroxylation is 1. The second kappa shape index (κ2) is 6.32. The number of pyridine rings is 1. The zero-order valence-electron chi connectivity index (χ0n) is 11.5. The Hall–Kier alpha value is -1.47. The fourth-order valence-corrected chi connectivity index (χ4v) is 2.84. The molecular weight excluding hydrogens is 272 g/mol. The van der Waals surface area contributed by atoms with E-state index in [0.717, 1.165) is 35.7 Å². The minimum absolute atomic E-state index is 0.721. The maximum Gasteiger partial charge on any atom is 0.209 e. The maximum atomic E-state index is 4.39. The lowest BCUT2D eigenvalue weighted by Gasteiger charge is -2.06. The van der Waals surface area contributed by atoms with Crippen molar-refractivity contribution in [3.63, 3.8) is 0 Å². The van der Waals surface area contributed by atoms with Gasteiger partial charge in [-0.05, 0) is 41.8 Å². The van der Waals surface area contributed by atoms with Crippen LogP contribution in [0.1, 0.15) is 24.1 Å². The van der Waals surface area contributed by atoms with Crippen molar-refractivity contribution < 1.29 is 0 Å². The van der Waals surface area contributed by atoms with Crippen molar-refractivity contribution in [3.8, 4) is 0 Å². The van der Waals surface area contributed by atoms with Gasteiger partial charge in [-0.15, -0.1) is 5.10 Å². The van der Waals surface area contributed by atoms with Crippen LogP contribution in [0, 0.1) is 6.92 Å². The van der Waals surface area contributed by atoms with Gasteiger partial charge in [0, 0.05) is 24.5 Å². The molecule has 0 aliphatic heterocycles. The van der Waals surface area contributed by atoms with E-state index in [1.54, 1.807) is 11.8 Å². The monoisotopic (exact) mass is 290 g/mol. The van der Waals surface area contributed by atoms with Crippen LogP contribution in [0.25, 0.3) is 0 Å². The Morgan fingerprint density at radius 3 is 3.15 bits per heavy atom. The summed E-state index contributed by atoms with van der Waals surface area (Å²) >= 11 is 1.63. The lowest BCUT2D eigenvalue weighted by molar-refractivity contribution is 0.509. The highest BCUT2D eigenvalue weighted by Crippen LogP contribution is 2.21. The van der Waals surface area contributed by atoms with E-state index in [2.05, 4.69) is 38.8 Å². The van der Waals surface area contributed by atoms with Crippen LogP contribution in [0.3, 0.4) is 0 Å². The molecule has 1 aliphatic carbocycles. The van der Waals surface area contributed by atoms with E-state index in [1.165, 1.54) is 18.4 Å². The highest BCUT2D eigenvalue weighted by Gasteiger charge is 2.20. The first-order valence-electron chi connectivity index (χ1n) is 6.86. The molecule has 3 rings (SSSR count). The first-order valence-corrected chi connectivity index (χ1v) is 7.84. The number of nitrogens with zero attached hydrogens (tertiary/aromatic N) is 5. The van der Waals surface area contributed by atoms with Gasteiger partial charge in [0.1, 0.15) is 0 Å². The number of nitrogens with one attached hydrogen (secondary N) is 1. The molecule has 0 amide bonds. The lowest BCUT2D eigenvalue weighted by Crippen LogP contribution is -2.22. The number of hydrogen-bond acceptors (Lipinski definition) is 6. The average molecular weight is 290 g/mol. The van der Waals surface area contributed by atoms with Crippen LogP contribution >= 0.6 is 11.8 Å². The molecule has 2 aromatic heterocycles. The van der Waals surface area contributed by atoms with Gasteiger partial charge in [-0.2, -0.15) is 0 Å². The zero-order valence-corrected chi connectivity index (χ0v) is 12.3. The van der Waals surface area contributed by atoms with Crippen LogP contribution in [0.2, 0.25) is 0 Å². The van der Waals surface area contributed by atoms with Crippen LogP contribution in [0.15, 0.2) is 23.5 Å². The Morgan fingerprint density at radius 2 is 2.35 bits per heavy atom. The molecule has 106 valence electrons. The van der Waals surface area contributed by atoms with Gasteiger partial charge in [0.15, 0.2) is 0 Å². The van der Waals surface area contributed by atoms with Crippen molar-refractivity contribution in [1.82, 2.24) is 30.5 Å². The summed E-state index contributed by atoms with van der Waals surface area (Å²) in [6, 6.07) is 4.75. The molecule has 1 aliphatic rings. The minimum atomic E-state index is 0.721. The quantitative estimate of drug-likeness (QED) is 0.778.